The van der Waals surface area contributed by atoms with Crippen molar-refractivity contribution in [2.24, 2.45) is 5.92 Å². The number of nitrogens with zero attached hydrogens (tertiary/aromatic N) is 2. The Morgan fingerprint density at radius 1 is 1.18 bits per heavy atom. The normalized spacial score (nSPS) is 16.1. The third-order valence-corrected chi connectivity index (χ3v) is 8.07. The maximum atomic E-state index is 13.6. The van der Waals surface area contributed by atoms with Crippen LogP contribution in [0.2, 0.25) is 0 Å². The Kier molecular flexibility index (Phi) is 8.00. The molecule has 1 aliphatic rings. The maximum absolute atomic E-state index is 13.6. The molecule has 0 fully saturated rings. The standard InChI is InChI=1S/C26H29FN2O3S2/c1-3-18(2)15-28(26(31)24-5-4-13-33-24)16-25(30)29-12-10-23-21(11-14-34-23)22(29)17-32-20-8-6-19(27)7-9-20/h4-9,11,13-14,18,22H,3,10,12,15-17H2,1-2H3/t18-,22+/m1/s1. The van der Waals surface area contributed by atoms with Crippen LogP contribution in [-0.4, -0.2) is 47.9 Å². The van der Waals surface area contributed by atoms with E-state index in [-0.39, 0.29) is 36.8 Å². The molecular weight excluding hydrogens is 471 g/mol. The van der Waals surface area contributed by atoms with Crippen LogP contribution in [0.25, 0.3) is 0 Å². The van der Waals surface area contributed by atoms with Crippen LogP contribution in [0.5, 0.6) is 5.75 Å². The van der Waals surface area contributed by atoms with E-state index in [9.17, 15) is 14.0 Å². The monoisotopic (exact) mass is 500 g/mol. The Morgan fingerprint density at radius 3 is 2.68 bits per heavy atom. The Hall–Kier alpha value is -2.71. The predicted molar refractivity (Wildman–Crippen MR) is 134 cm³/mol. The van der Waals surface area contributed by atoms with Crippen LogP contribution in [0.1, 0.15) is 46.4 Å². The van der Waals surface area contributed by atoms with Crippen LogP contribution in [-0.2, 0) is 11.2 Å². The molecule has 34 heavy (non-hydrogen) atoms. The van der Waals surface area contributed by atoms with E-state index >= 15 is 0 Å². The number of rotatable bonds is 9. The van der Waals surface area contributed by atoms with Crippen LogP contribution >= 0.6 is 22.7 Å². The van der Waals surface area contributed by atoms with E-state index < -0.39 is 0 Å². The fourth-order valence-electron chi connectivity index (χ4n) is 4.12. The fraction of sp³-hybridized carbons (Fsp3) is 0.385. The molecule has 180 valence electrons. The summed E-state index contributed by atoms with van der Waals surface area (Å²) >= 11 is 3.08. The Balaban J connectivity index is 1.52. The van der Waals surface area contributed by atoms with E-state index in [4.69, 9.17) is 4.74 Å². The van der Waals surface area contributed by atoms with Gasteiger partial charge in [0.2, 0.25) is 5.91 Å². The van der Waals surface area contributed by atoms with Gasteiger partial charge < -0.3 is 14.5 Å². The van der Waals surface area contributed by atoms with Crippen LogP contribution in [0.4, 0.5) is 4.39 Å². The summed E-state index contributed by atoms with van der Waals surface area (Å²) < 4.78 is 19.2. The molecule has 2 aromatic heterocycles. The SMILES string of the molecule is CC[C@@H](C)CN(CC(=O)N1CCc2sccc2[C@@H]1COc1ccc(F)cc1)C(=O)c1cccs1. The highest BCUT2D eigenvalue weighted by Gasteiger charge is 2.34. The number of fused-ring (bicyclic) bond motifs is 1. The van der Waals surface area contributed by atoms with Gasteiger partial charge in [0.25, 0.3) is 5.91 Å². The van der Waals surface area contributed by atoms with Gasteiger partial charge in [-0.05, 0) is 65.1 Å². The van der Waals surface area contributed by atoms with Crippen molar-refractivity contribution in [2.75, 3.05) is 26.2 Å². The van der Waals surface area contributed by atoms with Crippen molar-refractivity contribution in [3.05, 3.63) is 74.4 Å². The summed E-state index contributed by atoms with van der Waals surface area (Å²) in [5.41, 5.74) is 1.09. The molecule has 0 aliphatic carbocycles. The van der Waals surface area contributed by atoms with Crippen LogP contribution in [0.3, 0.4) is 0 Å². The summed E-state index contributed by atoms with van der Waals surface area (Å²) in [5.74, 6) is 0.342. The minimum Gasteiger partial charge on any atom is -0.491 e. The summed E-state index contributed by atoms with van der Waals surface area (Å²) in [7, 11) is 0. The molecule has 5 nitrogen and oxygen atoms in total. The van der Waals surface area contributed by atoms with Gasteiger partial charge >= 0.3 is 0 Å². The number of hydrogen-bond donors (Lipinski definition) is 0. The highest BCUT2D eigenvalue weighted by atomic mass is 32.1. The van der Waals surface area contributed by atoms with Crippen molar-refractivity contribution in [1.82, 2.24) is 9.80 Å². The van der Waals surface area contributed by atoms with E-state index in [1.54, 1.807) is 34.4 Å². The zero-order chi connectivity index (χ0) is 24.1. The predicted octanol–water partition coefficient (Wildman–Crippen LogP) is 5.64. The second-order valence-corrected chi connectivity index (χ2v) is 10.5. The smallest absolute Gasteiger partial charge is 0.264 e. The van der Waals surface area contributed by atoms with Gasteiger partial charge in [0.05, 0.1) is 10.9 Å². The lowest BCUT2D eigenvalue weighted by atomic mass is 10.00. The Morgan fingerprint density at radius 2 is 1.97 bits per heavy atom. The van der Waals surface area contributed by atoms with Crippen LogP contribution in [0.15, 0.2) is 53.2 Å². The van der Waals surface area contributed by atoms with Gasteiger partial charge in [-0.3, -0.25) is 9.59 Å². The molecule has 2 atom stereocenters. The molecule has 2 amide bonds. The summed E-state index contributed by atoms with van der Waals surface area (Å²) in [6, 6.07) is 11.3. The first-order valence-corrected chi connectivity index (χ1v) is 13.3. The third kappa shape index (κ3) is 5.67. The van der Waals surface area contributed by atoms with Crippen molar-refractivity contribution in [3.8, 4) is 5.75 Å². The molecule has 1 aliphatic heterocycles. The van der Waals surface area contributed by atoms with Crippen LogP contribution < -0.4 is 4.74 Å². The first kappa shape index (κ1) is 24.4. The molecule has 0 saturated heterocycles. The average molecular weight is 501 g/mol. The number of carbonyl (C=O) groups is 2. The molecule has 0 N–H and O–H groups in total. The quantitative estimate of drug-likeness (QED) is 0.382. The number of hydrogen-bond acceptors (Lipinski definition) is 5. The molecule has 0 saturated carbocycles. The van der Waals surface area contributed by atoms with Crippen LogP contribution in [0, 0.1) is 11.7 Å². The number of amides is 2. The van der Waals surface area contributed by atoms with E-state index in [0.29, 0.717) is 29.6 Å². The average Bonchev–Trinajstić information content (AvgIpc) is 3.54. The zero-order valence-corrected chi connectivity index (χ0v) is 21.0. The van der Waals surface area contributed by atoms with Gasteiger partial charge in [-0.2, -0.15) is 0 Å². The topological polar surface area (TPSA) is 49.9 Å². The number of ether oxygens (including phenoxy) is 1. The zero-order valence-electron chi connectivity index (χ0n) is 19.4. The molecule has 0 bridgehead atoms. The fourth-order valence-corrected chi connectivity index (χ4v) is 5.73. The number of halogens is 1. The summed E-state index contributed by atoms with van der Waals surface area (Å²) in [4.78, 5) is 32.2. The second kappa shape index (κ2) is 11.1. The molecule has 0 spiro atoms. The summed E-state index contributed by atoms with van der Waals surface area (Å²) in [6.07, 6.45) is 1.72. The molecule has 1 aromatic carbocycles. The molecule has 8 heteroatoms. The molecule has 0 unspecified atom stereocenters. The van der Waals surface area contributed by atoms with E-state index in [1.807, 2.05) is 27.8 Å². The first-order chi connectivity index (χ1) is 16.5. The molecule has 0 radical (unpaired) electrons. The summed E-state index contributed by atoms with van der Waals surface area (Å²) in [6.45, 7) is 5.60. The number of carbonyl (C=O) groups excluding carboxylic acids is 2. The highest BCUT2D eigenvalue weighted by molar-refractivity contribution is 7.12. The lowest BCUT2D eigenvalue weighted by Crippen LogP contribution is -2.48. The van der Waals surface area contributed by atoms with Crippen molar-refractivity contribution in [2.45, 2.75) is 32.7 Å². The van der Waals surface area contributed by atoms with Crippen molar-refractivity contribution >= 4 is 34.5 Å². The van der Waals surface area contributed by atoms with E-state index in [2.05, 4.69) is 13.8 Å². The van der Waals surface area contributed by atoms with Gasteiger partial charge in [0.15, 0.2) is 0 Å². The highest BCUT2D eigenvalue weighted by Crippen LogP contribution is 2.34. The Labute approximate surface area is 207 Å². The van der Waals surface area contributed by atoms with Gasteiger partial charge in [-0.1, -0.05) is 26.3 Å². The molecule has 3 aromatic rings. The van der Waals surface area contributed by atoms with Crippen molar-refractivity contribution in [3.63, 3.8) is 0 Å². The minimum absolute atomic E-state index is 0.0353. The molecular formula is C26H29FN2O3S2. The second-order valence-electron chi connectivity index (χ2n) is 8.59. The van der Waals surface area contributed by atoms with Gasteiger partial charge in [0, 0.05) is 18.0 Å². The van der Waals surface area contributed by atoms with E-state index in [0.717, 1.165) is 18.4 Å². The molecule has 3 heterocycles. The van der Waals surface area contributed by atoms with Gasteiger partial charge in [-0.25, -0.2) is 4.39 Å². The van der Waals surface area contributed by atoms with Gasteiger partial charge in [0.1, 0.15) is 24.7 Å². The lowest BCUT2D eigenvalue weighted by molar-refractivity contribution is -0.135. The molecule has 4 rings (SSSR count). The lowest BCUT2D eigenvalue weighted by Gasteiger charge is -2.37. The first-order valence-electron chi connectivity index (χ1n) is 11.5. The maximum Gasteiger partial charge on any atom is 0.264 e. The van der Waals surface area contributed by atoms with Crippen molar-refractivity contribution < 1.29 is 18.7 Å². The van der Waals surface area contributed by atoms with Gasteiger partial charge in [-0.15, -0.1) is 22.7 Å². The third-order valence-electron chi connectivity index (χ3n) is 6.21. The number of thiophene rings is 2. The number of benzene rings is 1. The van der Waals surface area contributed by atoms with E-state index in [1.165, 1.54) is 28.3 Å². The largest absolute Gasteiger partial charge is 0.491 e. The Bertz CT molecular complexity index is 1100. The van der Waals surface area contributed by atoms with Crippen molar-refractivity contribution in [1.29, 1.82) is 0 Å². The minimum atomic E-state index is -0.321. The summed E-state index contributed by atoms with van der Waals surface area (Å²) in [5, 5.41) is 3.92.